The number of ether oxygens (including phenoxy) is 2. The molecule has 27 heavy (non-hydrogen) atoms. The summed E-state index contributed by atoms with van der Waals surface area (Å²) in [4.78, 5) is 16.5. The van der Waals surface area contributed by atoms with Crippen LogP contribution in [0.5, 0.6) is 0 Å². The largest absolute Gasteiger partial charge is 0.462 e. The molecule has 2 aromatic heterocycles. The lowest BCUT2D eigenvalue weighted by molar-refractivity contribution is 0.0526. The molecule has 0 atom stereocenters. The average Bonchev–Trinajstić information content (AvgIpc) is 3.38. The lowest BCUT2D eigenvalue weighted by Crippen LogP contribution is -2.22. The monoisotopic (exact) mass is 374 g/mol. The highest BCUT2D eigenvalue weighted by Crippen LogP contribution is 2.33. The first-order valence-electron chi connectivity index (χ1n) is 9.43. The Hall–Kier alpha value is -2.48. The molecule has 0 radical (unpaired) electrons. The Morgan fingerprint density at radius 3 is 2.78 bits per heavy atom. The van der Waals surface area contributed by atoms with Crippen LogP contribution in [0.4, 0.5) is 10.2 Å². The van der Waals surface area contributed by atoms with Crippen molar-refractivity contribution < 1.29 is 18.7 Å². The van der Waals surface area contributed by atoms with E-state index in [0.29, 0.717) is 30.8 Å². The molecule has 1 aliphatic carbocycles. The van der Waals surface area contributed by atoms with Crippen LogP contribution in [0.15, 0.2) is 18.3 Å². The quantitative estimate of drug-likeness (QED) is 0.618. The van der Waals surface area contributed by atoms with Gasteiger partial charge in [0.2, 0.25) is 5.95 Å². The van der Waals surface area contributed by atoms with Crippen LogP contribution >= 0.6 is 0 Å². The van der Waals surface area contributed by atoms with Gasteiger partial charge in [0, 0.05) is 19.3 Å². The number of hydrogen-bond acceptors (Lipinski definition) is 6. The molecule has 1 saturated carbocycles. The number of halogens is 1. The van der Waals surface area contributed by atoms with Gasteiger partial charge in [-0.3, -0.25) is 4.68 Å². The number of anilines is 1. The number of carbonyl (C=O) groups excluding carboxylic acids is 1. The van der Waals surface area contributed by atoms with Crippen molar-refractivity contribution in [3.8, 4) is 11.3 Å². The van der Waals surface area contributed by atoms with E-state index in [1.165, 1.54) is 6.20 Å². The summed E-state index contributed by atoms with van der Waals surface area (Å²) in [5, 5.41) is 7.57. The molecular weight excluding hydrogens is 351 g/mol. The predicted molar refractivity (Wildman–Crippen MR) is 97.1 cm³/mol. The van der Waals surface area contributed by atoms with Crippen LogP contribution in [-0.2, 0) is 9.47 Å². The number of nitrogens with zero attached hydrogens (tertiary/aromatic N) is 3. The van der Waals surface area contributed by atoms with Gasteiger partial charge in [-0.05, 0) is 44.7 Å². The van der Waals surface area contributed by atoms with Crippen molar-refractivity contribution in [3.05, 3.63) is 29.8 Å². The van der Waals surface area contributed by atoms with Gasteiger partial charge in [0.15, 0.2) is 0 Å². The van der Waals surface area contributed by atoms with Crippen LogP contribution in [0.1, 0.15) is 49.0 Å². The van der Waals surface area contributed by atoms with E-state index < -0.39 is 11.9 Å². The van der Waals surface area contributed by atoms with E-state index in [2.05, 4.69) is 15.4 Å². The van der Waals surface area contributed by atoms with Gasteiger partial charge in [-0.1, -0.05) is 0 Å². The fourth-order valence-electron chi connectivity index (χ4n) is 3.32. The first kappa shape index (κ1) is 17.9. The molecule has 7 nitrogen and oxygen atoms in total. The van der Waals surface area contributed by atoms with Crippen molar-refractivity contribution in [2.45, 2.75) is 44.7 Å². The highest BCUT2D eigenvalue weighted by Gasteiger charge is 2.28. The molecule has 2 aromatic rings. The van der Waals surface area contributed by atoms with Gasteiger partial charge in [0.05, 0.1) is 30.1 Å². The van der Waals surface area contributed by atoms with Gasteiger partial charge in [0.25, 0.3) is 0 Å². The summed E-state index contributed by atoms with van der Waals surface area (Å²) in [6, 6.07) is 3.82. The molecule has 2 aliphatic rings. The molecule has 0 aromatic carbocycles. The Balaban J connectivity index is 1.74. The molecule has 2 fully saturated rings. The molecule has 0 unspecified atom stereocenters. The second kappa shape index (κ2) is 7.64. The van der Waals surface area contributed by atoms with Crippen molar-refractivity contribution >= 4 is 11.8 Å². The summed E-state index contributed by atoms with van der Waals surface area (Å²) >= 11 is 0. The normalized spacial score (nSPS) is 17.7. The first-order valence-corrected chi connectivity index (χ1v) is 9.43. The molecule has 0 spiro atoms. The van der Waals surface area contributed by atoms with E-state index in [0.717, 1.165) is 25.7 Å². The van der Waals surface area contributed by atoms with E-state index in [1.807, 2.05) is 0 Å². The lowest BCUT2D eigenvalue weighted by atomic mass is 10.1. The lowest BCUT2D eigenvalue weighted by Gasteiger charge is -2.24. The Labute approximate surface area is 156 Å². The molecule has 1 N–H and O–H groups in total. The van der Waals surface area contributed by atoms with Gasteiger partial charge in [0.1, 0.15) is 11.4 Å². The number of hydrogen-bond donors (Lipinski definition) is 1. The third-order valence-corrected chi connectivity index (χ3v) is 4.86. The van der Waals surface area contributed by atoms with E-state index in [9.17, 15) is 9.18 Å². The third-order valence-electron chi connectivity index (χ3n) is 4.86. The van der Waals surface area contributed by atoms with Crippen LogP contribution in [-0.4, -0.2) is 46.6 Å². The highest BCUT2D eigenvalue weighted by atomic mass is 19.1. The minimum atomic E-state index is -0.625. The third kappa shape index (κ3) is 3.80. The van der Waals surface area contributed by atoms with Crippen LogP contribution in [0.3, 0.4) is 0 Å². The maximum Gasteiger partial charge on any atom is 0.341 e. The Kier molecular flexibility index (Phi) is 5.07. The maximum atomic E-state index is 14.9. The van der Waals surface area contributed by atoms with Crippen molar-refractivity contribution in [1.29, 1.82) is 0 Å². The van der Waals surface area contributed by atoms with Crippen LogP contribution in [0.25, 0.3) is 11.3 Å². The molecule has 0 amide bonds. The SMILES string of the molecule is CCOC(=O)c1cnn(C2CCOCC2)c1-c1ccc(NC2CC2)nc1F. The summed E-state index contributed by atoms with van der Waals surface area (Å²) in [7, 11) is 0. The fraction of sp³-hybridized carbons (Fsp3) is 0.526. The Morgan fingerprint density at radius 1 is 1.33 bits per heavy atom. The van der Waals surface area contributed by atoms with E-state index in [-0.39, 0.29) is 23.8 Å². The van der Waals surface area contributed by atoms with Crippen LogP contribution < -0.4 is 5.32 Å². The molecule has 8 heteroatoms. The summed E-state index contributed by atoms with van der Waals surface area (Å²) < 4.78 is 27.2. The Bertz CT molecular complexity index is 828. The van der Waals surface area contributed by atoms with Crippen LogP contribution in [0.2, 0.25) is 0 Å². The minimum absolute atomic E-state index is 0.0422. The van der Waals surface area contributed by atoms with Gasteiger partial charge >= 0.3 is 5.97 Å². The van der Waals surface area contributed by atoms with E-state index in [4.69, 9.17) is 9.47 Å². The van der Waals surface area contributed by atoms with Crippen LogP contribution in [0, 0.1) is 5.95 Å². The number of carbonyl (C=O) groups is 1. The van der Waals surface area contributed by atoms with E-state index in [1.54, 1.807) is 23.7 Å². The number of esters is 1. The van der Waals surface area contributed by atoms with Gasteiger partial charge < -0.3 is 14.8 Å². The van der Waals surface area contributed by atoms with Gasteiger partial charge in [-0.25, -0.2) is 9.78 Å². The van der Waals surface area contributed by atoms with Crippen molar-refractivity contribution in [3.63, 3.8) is 0 Å². The predicted octanol–water partition coefficient (Wildman–Crippen LogP) is 3.19. The highest BCUT2D eigenvalue weighted by molar-refractivity contribution is 5.96. The number of aromatic nitrogens is 3. The smallest absolute Gasteiger partial charge is 0.341 e. The molecule has 1 saturated heterocycles. The van der Waals surface area contributed by atoms with Gasteiger partial charge in [-0.2, -0.15) is 9.49 Å². The topological polar surface area (TPSA) is 78.3 Å². The zero-order chi connectivity index (χ0) is 18.8. The summed E-state index contributed by atoms with van der Waals surface area (Å²) in [6.45, 7) is 3.21. The summed E-state index contributed by atoms with van der Waals surface area (Å²) in [5.74, 6) is -0.626. The number of nitrogens with one attached hydrogen (secondary N) is 1. The molecule has 144 valence electrons. The molecule has 3 heterocycles. The molecule has 0 bridgehead atoms. The van der Waals surface area contributed by atoms with Gasteiger partial charge in [-0.15, -0.1) is 0 Å². The van der Waals surface area contributed by atoms with Crippen molar-refractivity contribution in [2.24, 2.45) is 0 Å². The Morgan fingerprint density at radius 2 is 2.11 bits per heavy atom. The molecular formula is C19H23FN4O3. The summed E-state index contributed by atoms with van der Waals surface area (Å²) in [6.07, 6.45) is 5.13. The number of pyridine rings is 1. The number of rotatable bonds is 6. The van der Waals surface area contributed by atoms with Crippen molar-refractivity contribution in [2.75, 3.05) is 25.1 Å². The second-order valence-corrected chi connectivity index (χ2v) is 6.87. The second-order valence-electron chi connectivity index (χ2n) is 6.87. The average molecular weight is 374 g/mol. The molecule has 4 rings (SSSR count). The fourth-order valence-corrected chi connectivity index (χ4v) is 3.32. The maximum absolute atomic E-state index is 14.9. The zero-order valence-electron chi connectivity index (χ0n) is 15.3. The first-order chi connectivity index (χ1) is 13.2. The molecule has 1 aliphatic heterocycles. The zero-order valence-corrected chi connectivity index (χ0v) is 15.3. The summed E-state index contributed by atoms with van der Waals surface area (Å²) in [5.41, 5.74) is 0.929. The minimum Gasteiger partial charge on any atom is -0.462 e. The standard InChI is InChI=1S/C19H23FN4O3/c1-2-27-19(25)15-11-21-24(13-7-9-26-10-8-13)17(15)14-5-6-16(23-18(14)20)22-12-3-4-12/h5-6,11-13H,2-4,7-10H2,1H3,(H,22,23). The van der Waals surface area contributed by atoms with Crippen molar-refractivity contribution in [1.82, 2.24) is 14.8 Å². The van der Waals surface area contributed by atoms with E-state index >= 15 is 0 Å².